The molecule has 4 aromatic rings. The number of carbonyl (C=O) groups excluding carboxylic acids is 1. The van der Waals surface area contributed by atoms with Gasteiger partial charge in [0.25, 0.3) is 0 Å². The Kier molecular flexibility index (Phi) is 6.63. The number of thiophene rings is 1. The molecule has 0 unspecified atom stereocenters. The number of phenols is 1. The highest BCUT2D eigenvalue weighted by Crippen LogP contribution is 2.43. The van der Waals surface area contributed by atoms with E-state index in [2.05, 4.69) is 24.0 Å². The average Bonchev–Trinajstić information content (AvgIpc) is 3.41. The zero-order chi connectivity index (χ0) is 24.5. The second-order valence-corrected chi connectivity index (χ2v) is 10.8. The van der Waals surface area contributed by atoms with Crippen LogP contribution in [0.15, 0.2) is 60.7 Å². The first-order valence-corrected chi connectivity index (χ1v) is 13.1. The molecule has 5 heteroatoms. The smallest absolute Gasteiger partial charge is 0.207 e. The van der Waals surface area contributed by atoms with Crippen molar-refractivity contribution in [1.82, 2.24) is 4.90 Å². The van der Waals surface area contributed by atoms with Gasteiger partial charge < -0.3 is 14.7 Å². The fourth-order valence-corrected chi connectivity index (χ4v) is 6.07. The van der Waals surface area contributed by atoms with Gasteiger partial charge in [0, 0.05) is 28.7 Å². The maximum atomic E-state index is 13.7. The highest BCUT2D eigenvalue weighted by atomic mass is 32.1. The van der Waals surface area contributed by atoms with Gasteiger partial charge in [0.05, 0.1) is 0 Å². The predicted molar refractivity (Wildman–Crippen MR) is 143 cm³/mol. The van der Waals surface area contributed by atoms with Crippen LogP contribution in [0.4, 0.5) is 0 Å². The summed E-state index contributed by atoms with van der Waals surface area (Å²) in [5.74, 6) is 2.18. The fraction of sp³-hybridized carbons (Fsp3) is 0.300. The lowest BCUT2D eigenvalue weighted by Gasteiger charge is -2.15. The van der Waals surface area contributed by atoms with E-state index in [0.717, 1.165) is 40.1 Å². The number of ether oxygens (including phenoxy) is 1. The summed E-state index contributed by atoms with van der Waals surface area (Å²) in [4.78, 5) is 16.8. The third kappa shape index (κ3) is 4.97. The van der Waals surface area contributed by atoms with Crippen molar-refractivity contribution < 1.29 is 14.6 Å². The number of hydrogen-bond acceptors (Lipinski definition) is 5. The van der Waals surface area contributed by atoms with E-state index in [0.29, 0.717) is 21.9 Å². The van der Waals surface area contributed by atoms with Crippen LogP contribution in [-0.4, -0.2) is 35.4 Å². The Bertz CT molecular complexity index is 1350. The van der Waals surface area contributed by atoms with Crippen LogP contribution in [0.25, 0.3) is 10.1 Å². The molecule has 0 spiro atoms. The van der Waals surface area contributed by atoms with E-state index in [1.165, 1.54) is 36.4 Å². The first-order chi connectivity index (χ1) is 16.9. The van der Waals surface area contributed by atoms with Gasteiger partial charge in [-0.2, -0.15) is 0 Å². The molecule has 4 nitrogen and oxygen atoms in total. The molecule has 0 aliphatic carbocycles. The zero-order valence-electron chi connectivity index (χ0n) is 20.5. The number of aromatic hydroxyl groups is 1. The standard InChI is InChI=1S/C30H31NO3S/c1-19-13-15-31(18-19)16-14-22-7-10-24(11-8-22)34-29-25-12-9-23(32)17-26(25)35-30(29)28(33)27-20(2)5-4-6-21(27)3/h4-12,17,19,32H,13-16,18H2,1-3H3/t19-/m0/s1. The van der Waals surface area contributed by atoms with Crippen molar-refractivity contribution >= 4 is 27.2 Å². The molecule has 35 heavy (non-hydrogen) atoms. The molecule has 3 aromatic carbocycles. The summed E-state index contributed by atoms with van der Waals surface area (Å²) in [5.41, 5.74) is 3.87. The van der Waals surface area contributed by atoms with Crippen LogP contribution >= 0.6 is 11.3 Å². The molecule has 1 aromatic heterocycles. The van der Waals surface area contributed by atoms with Crippen LogP contribution in [0.3, 0.4) is 0 Å². The minimum absolute atomic E-state index is 0.0484. The lowest BCUT2D eigenvalue weighted by Crippen LogP contribution is -2.22. The third-order valence-corrected chi connectivity index (χ3v) is 8.04. The lowest BCUT2D eigenvalue weighted by atomic mass is 9.98. The SMILES string of the molecule is Cc1cccc(C)c1C(=O)c1sc2cc(O)ccc2c1Oc1ccc(CCN2CC[C@H](C)C2)cc1. The molecule has 0 saturated carbocycles. The Hall–Kier alpha value is -3.15. The molecule has 2 heterocycles. The van der Waals surface area contributed by atoms with Crippen LogP contribution in [0.1, 0.15) is 45.3 Å². The summed E-state index contributed by atoms with van der Waals surface area (Å²) in [6.45, 7) is 9.71. The van der Waals surface area contributed by atoms with Crippen molar-refractivity contribution in [2.75, 3.05) is 19.6 Å². The summed E-state index contributed by atoms with van der Waals surface area (Å²) in [6.07, 6.45) is 2.31. The van der Waals surface area contributed by atoms with E-state index in [1.54, 1.807) is 12.1 Å². The quantitative estimate of drug-likeness (QED) is 0.283. The van der Waals surface area contributed by atoms with Crippen molar-refractivity contribution in [2.45, 2.75) is 33.6 Å². The topological polar surface area (TPSA) is 49.8 Å². The molecule has 1 N–H and O–H groups in total. The predicted octanol–water partition coefficient (Wildman–Crippen LogP) is 7.13. The molecule has 0 radical (unpaired) electrons. The number of hydrogen-bond donors (Lipinski definition) is 1. The van der Waals surface area contributed by atoms with E-state index in [1.807, 2.05) is 50.2 Å². The summed E-state index contributed by atoms with van der Waals surface area (Å²) < 4.78 is 7.19. The molecule has 0 amide bonds. The number of fused-ring (bicyclic) bond motifs is 1. The zero-order valence-corrected chi connectivity index (χ0v) is 21.3. The summed E-state index contributed by atoms with van der Waals surface area (Å²) >= 11 is 1.36. The van der Waals surface area contributed by atoms with Gasteiger partial charge in [0.1, 0.15) is 16.4 Å². The highest BCUT2D eigenvalue weighted by Gasteiger charge is 2.24. The van der Waals surface area contributed by atoms with Gasteiger partial charge in [-0.1, -0.05) is 37.3 Å². The van der Waals surface area contributed by atoms with E-state index in [-0.39, 0.29) is 11.5 Å². The van der Waals surface area contributed by atoms with Gasteiger partial charge in [0.2, 0.25) is 5.78 Å². The molecule has 1 aliphatic heterocycles. The number of carbonyl (C=O) groups is 1. The van der Waals surface area contributed by atoms with Crippen LogP contribution < -0.4 is 4.74 Å². The molecule has 180 valence electrons. The van der Waals surface area contributed by atoms with Crippen molar-refractivity contribution in [3.8, 4) is 17.2 Å². The lowest BCUT2D eigenvalue weighted by molar-refractivity contribution is 0.103. The number of ketones is 1. The van der Waals surface area contributed by atoms with Gasteiger partial charge in [-0.3, -0.25) is 4.79 Å². The van der Waals surface area contributed by atoms with Crippen LogP contribution in [0.2, 0.25) is 0 Å². The van der Waals surface area contributed by atoms with Gasteiger partial charge in [-0.05, 0) is 86.2 Å². The Morgan fingerprint density at radius 3 is 2.51 bits per heavy atom. The second kappa shape index (κ2) is 9.84. The Morgan fingerprint density at radius 1 is 1.09 bits per heavy atom. The maximum Gasteiger partial charge on any atom is 0.207 e. The molecular weight excluding hydrogens is 454 g/mol. The monoisotopic (exact) mass is 485 g/mol. The third-order valence-electron chi connectivity index (χ3n) is 6.91. The van der Waals surface area contributed by atoms with E-state index < -0.39 is 0 Å². The van der Waals surface area contributed by atoms with Crippen molar-refractivity contribution in [1.29, 1.82) is 0 Å². The number of phenolic OH excluding ortho intramolecular Hbond substituents is 1. The molecule has 5 rings (SSSR count). The molecule has 1 aliphatic rings. The molecule has 0 bridgehead atoms. The first-order valence-electron chi connectivity index (χ1n) is 12.2. The largest absolute Gasteiger partial charge is 0.508 e. The van der Waals surface area contributed by atoms with E-state index in [9.17, 15) is 9.90 Å². The van der Waals surface area contributed by atoms with Crippen molar-refractivity contribution in [2.24, 2.45) is 5.92 Å². The Labute approximate surface area is 210 Å². The van der Waals surface area contributed by atoms with Crippen molar-refractivity contribution in [3.63, 3.8) is 0 Å². The fourth-order valence-electron chi connectivity index (χ4n) is 4.96. The highest BCUT2D eigenvalue weighted by molar-refractivity contribution is 7.21. The number of rotatable bonds is 7. The number of likely N-dealkylation sites (tertiary alicyclic amines) is 1. The Morgan fingerprint density at radius 2 is 1.83 bits per heavy atom. The van der Waals surface area contributed by atoms with E-state index in [4.69, 9.17) is 4.74 Å². The van der Waals surface area contributed by atoms with Crippen LogP contribution in [0, 0.1) is 19.8 Å². The van der Waals surface area contributed by atoms with Crippen LogP contribution in [-0.2, 0) is 6.42 Å². The number of benzene rings is 3. The van der Waals surface area contributed by atoms with Gasteiger partial charge in [-0.15, -0.1) is 11.3 Å². The summed E-state index contributed by atoms with van der Waals surface area (Å²) in [6, 6.07) is 19.2. The number of aryl methyl sites for hydroxylation is 2. The molecule has 1 saturated heterocycles. The maximum absolute atomic E-state index is 13.7. The van der Waals surface area contributed by atoms with Gasteiger partial charge in [-0.25, -0.2) is 0 Å². The summed E-state index contributed by atoms with van der Waals surface area (Å²) in [7, 11) is 0. The minimum atomic E-state index is -0.0484. The molecule has 1 fully saturated rings. The Balaban J connectivity index is 1.43. The van der Waals surface area contributed by atoms with Crippen molar-refractivity contribution in [3.05, 3.63) is 87.8 Å². The first kappa shape index (κ1) is 23.6. The normalized spacial score (nSPS) is 16.1. The molecular formula is C30H31NO3S. The number of nitrogens with zero attached hydrogens (tertiary/aromatic N) is 1. The summed E-state index contributed by atoms with van der Waals surface area (Å²) in [5, 5.41) is 10.8. The van der Waals surface area contributed by atoms with Crippen LogP contribution in [0.5, 0.6) is 17.2 Å². The van der Waals surface area contributed by atoms with Gasteiger partial charge >= 0.3 is 0 Å². The second-order valence-electron chi connectivity index (χ2n) is 9.73. The van der Waals surface area contributed by atoms with E-state index >= 15 is 0 Å². The minimum Gasteiger partial charge on any atom is -0.508 e. The average molecular weight is 486 g/mol. The van der Waals surface area contributed by atoms with Gasteiger partial charge in [0.15, 0.2) is 5.75 Å². The molecule has 1 atom stereocenters.